The van der Waals surface area contributed by atoms with Crippen molar-refractivity contribution in [2.24, 2.45) is 12.5 Å². The van der Waals surface area contributed by atoms with E-state index in [0.29, 0.717) is 19.0 Å². The highest BCUT2D eigenvalue weighted by molar-refractivity contribution is 5.78. The molecule has 1 aliphatic heterocycles. The summed E-state index contributed by atoms with van der Waals surface area (Å²) in [6, 6.07) is 6.30. The number of aromatic nitrogens is 2. The smallest absolute Gasteiger partial charge is 0.234 e. The molecular formula is C24H35FN4O. The minimum atomic E-state index is -0.264. The largest absolute Gasteiger partial charge is 0.348 e. The molecule has 0 spiro atoms. The second-order valence-corrected chi connectivity index (χ2v) is 9.97. The van der Waals surface area contributed by atoms with Crippen LogP contribution in [0.2, 0.25) is 0 Å². The van der Waals surface area contributed by atoms with Gasteiger partial charge in [0.05, 0.1) is 18.3 Å². The SMILES string of the molecule is CC(C)c1nc2c(n1C)CCN(CC(=O)NC(CC(C)(C)C)c1ccc(F)cc1)C2. The Bertz CT molecular complexity index is 880. The fourth-order valence-corrected chi connectivity index (χ4v) is 4.26. The van der Waals surface area contributed by atoms with Gasteiger partial charge in [0.25, 0.3) is 0 Å². The van der Waals surface area contributed by atoms with Gasteiger partial charge in [0.15, 0.2) is 0 Å². The second kappa shape index (κ2) is 8.88. The molecule has 0 bridgehead atoms. The van der Waals surface area contributed by atoms with Crippen molar-refractivity contribution in [2.75, 3.05) is 13.1 Å². The lowest BCUT2D eigenvalue weighted by Gasteiger charge is -2.30. The van der Waals surface area contributed by atoms with E-state index in [2.05, 4.69) is 56.5 Å². The van der Waals surface area contributed by atoms with Crippen LogP contribution in [0.25, 0.3) is 0 Å². The highest BCUT2D eigenvalue weighted by atomic mass is 19.1. The summed E-state index contributed by atoms with van der Waals surface area (Å²) in [5, 5.41) is 3.19. The molecule has 0 saturated carbocycles. The first kappa shape index (κ1) is 22.5. The van der Waals surface area contributed by atoms with E-state index in [4.69, 9.17) is 4.98 Å². The zero-order valence-corrected chi connectivity index (χ0v) is 19.1. The van der Waals surface area contributed by atoms with Gasteiger partial charge < -0.3 is 9.88 Å². The van der Waals surface area contributed by atoms with Crippen molar-refractivity contribution >= 4 is 5.91 Å². The fourth-order valence-electron chi connectivity index (χ4n) is 4.26. The Balaban J connectivity index is 1.67. The number of halogens is 1. The lowest BCUT2D eigenvalue weighted by atomic mass is 9.85. The first-order valence-electron chi connectivity index (χ1n) is 10.8. The van der Waals surface area contributed by atoms with E-state index >= 15 is 0 Å². The van der Waals surface area contributed by atoms with Gasteiger partial charge in [-0.15, -0.1) is 0 Å². The van der Waals surface area contributed by atoms with Crippen molar-refractivity contribution in [3.05, 3.63) is 52.9 Å². The summed E-state index contributed by atoms with van der Waals surface area (Å²) in [6.45, 7) is 12.6. The molecule has 0 saturated heterocycles. The molecule has 1 aromatic heterocycles. The van der Waals surface area contributed by atoms with Gasteiger partial charge in [-0.3, -0.25) is 9.69 Å². The molecular weight excluding hydrogens is 379 g/mol. The number of hydrogen-bond acceptors (Lipinski definition) is 3. The Morgan fingerprint density at radius 1 is 1.23 bits per heavy atom. The van der Waals surface area contributed by atoms with Crippen molar-refractivity contribution < 1.29 is 9.18 Å². The van der Waals surface area contributed by atoms with Crippen LogP contribution in [0, 0.1) is 11.2 Å². The lowest BCUT2D eigenvalue weighted by molar-refractivity contribution is -0.123. The standard InChI is InChI=1S/C24H35FN4O/c1-16(2)23-27-20-14-29(12-11-21(20)28(23)6)15-22(30)26-19(13-24(3,4)5)17-7-9-18(25)10-8-17/h7-10,16,19H,11-15H2,1-6H3,(H,26,30). The molecule has 1 unspecified atom stereocenters. The Hall–Kier alpha value is -2.21. The quantitative estimate of drug-likeness (QED) is 0.765. The molecule has 2 aromatic rings. The molecule has 30 heavy (non-hydrogen) atoms. The maximum atomic E-state index is 13.4. The van der Waals surface area contributed by atoms with Crippen LogP contribution in [0.3, 0.4) is 0 Å². The van der Waals surface area contributed by atoms with Crippen molar-refractivity contribution in [2.45, 2.75) is 66.0 Å². The van der Waals surface area contributed by atoms with E-state index in [9.17, 15) is 9.18 Å². The van der Waals surface area contributed by atoms with Crippen molar-refractivity contribution in [1.82, 2.24) is 19.8 Å². The monoisotopic (exact) mass is 414 g/mol. The summed E-state index contributed by atoms with van der Waals surface area (Å²) in [4.78, 5) is 19.9. The molecule has 1 aromatic carbocycles. The molecule has 6 heteroatoms. The third-order valence-electron chi connectivity index (χ3n) is 5.68. The maximum absolute atomic E-state index is 13.4. The summed E-state index contributed by atoms with van der Waals surface area (Å²) < 4.78 is 15.6. The van der Waals surface area contributed by atoms with Crippen LogP contribution in [-0.2, 0) is 24.8 Å². The highest BCUT2D eigenvalue weighted by Gasteiger charge is 2.26. The average molecular weight is 415 g/mol. The number of hydrogen-bond donors (Lipinski definition) is 1. The van der Waals surface area contributed by atoms with Crippen molar-refractivity contribution in [3.8, 4) is 0 Å². The Morgan fingerprint density at radius 2 is 1.90 bits per heavy atom. The Morgan fingerprint density at radius 3 is 2.50 bits per heavy atom. The number of nitrogens with one attached hydrogen (secondary N) is 1. The number of carbonyl (C=O) groups excluding carboxylic acids is 1. The summed E-state index contributed by atoms with van der Waals surface area (Å²) in [6.07, 6.45) is 1.69. The third kappa shape index (κ3) is 5.48. The zero-order chi connectivity index (χ0) is 22.1. The zero-order valence-electron chi connectivity index (χ0n) is 19.1. The number of amides is 1. The van der Waals surface area contributed by atoms with Gasteiger partial charge >= 0.3 is 0 Å². The van der Waals surface area contributed by atoms with E-state index in [0.717, 1.165) is 36.5 Å². The average Bonchev–Trinajstić information content (AvgIpc) is 2.97. The first-order chi connectivity index (χ1) is 14.0. The van der Waals surface area contributed by atoms with Gasteiger partial charge in [0, 0.05) is 38.2 Å². The van der Waals surface area contributed by atoms with Crippen LogP contribution in [0.15, 0.2) is 24.3 Å². The molecule has 3 rings (SSSR count). The van der Waals surface area contributed by atoms with Crippen LogP contribution < -0.4 is 5.32 Å². The maximum Gasteiger partial charge on any atom is 0.234 e. The normalized spacial score (nSPS) is 15.9. The minimum absolute atomic E-state index is 0.00274. The molecule has 1 N–H and O–H groups in total. The van der Waals surface area contributed by atoms with Gasteiger partial charge in [-0.25, -0.2) is 9.37 Å². The van der Waals surface area contributed by atoms with E-state index < -0.39 is 0 Å². The van der Waals surface area contributed by atoms with Crippen molar-refractivity contribution in [1.29, 1.82) is 0 Å². The number of imidazole rings is 1. The molecule has 0 radical (unpaired) electrons. The summed E-state index contributed by atoms with van der Waals surface area (Å²) in [5.74, 6) is 1.22. The Labute approximate surface area is 179 Å². The number of carbonyl (C=O) groups is 1. The molecule has 1 amide bonds. The van der Waals surface area contributed by atoms with Crippen LogP contribution in [0.1, 0.15) is 75.8 Å². The lowest BCUT2D eigenvalue weighted by Crippen LogP contribution is -2.42. The van der Waals surface area contributed by atoms with E-state index in [1.54, 1.807) is 12.1 Å². The molecule has 1 atom stereocenters. The van der Waals surface area contributed by atoms with Gasteiger partial charge in [0.2, 0.25) is 5.91 Å². The predicted octanol–water partition coefficient (Wildman–Crippen LogP) is 4.33. The van der Waals surface area contributed by atoms with Gasteiger partial charge in [-0.2, -0.15) is 0 Å². The van der Waals surface area contributed by atoms with Crippen LogP contribution in [0.5, 0.6) is 0 Å². The first-order valence-corrected chi connectivity index (χ1v) is 10.8. The van der Waals surface area contributed by atoms with E-state index in [-0.39, 0.29) is 23.2 Å². The summed E-state index contributed by atoms with van der Waals surface area (Å²) in [5.41, 5.74) is 3.34. The van der Waals surface area contributed by atoms with Gasteiger partial charge in [-0.1, -0.05) is 46.8 Å². The molecule has 0 aliphatic carbocycles. The fraction of sp³-hybridized carbons (Fsp3) is 0.583. The van der Waals surface area contributed by atoms with Crippen LogP contribution >= 0.6 is 0 Å². The number of fused-ring (bicyclic) bond motifs is 1. The second-order valence-electron chi connectivity index (χ2n) is 9.97. The van der Waals surface area contributed by atoms with E-state index in [1.807, 2.05) is 0 Å². The minimum Gasteiger partial charge on any atom is -0.348 e. The highest BCUT2D eigenvalue weighted by Crippen LogP contribution is 2.30. The molecule has 5 nitrogen and oxygen atoms in total. The number of nitrogens with zero attached hydrogens (tertiary/aromatic N) is 3. The predicted molar refractivity (Wildman–Crippen MR) is 118 cm³/mol. The van der Waals surface area contributed by atoms with E-state index in [1.165, 1.54) is 17.8 Å². The topological polar surface area (TPSA) is 50.2 Å². The van der Waals surface area contributed by atoms with Crippen molar-refractivity contribution in [3.63, 3.8) is 0 Å². The van der Waals surface area contributed by atoms with Gasteiger partial charge in [0.1, 0.15) is 11.6 Å². The molecule has 164 valence electrons. The Kier molecular flexibility index (Phi) is 6.65. The molecule has 2 heterocycles. The summed E-state index contributed by atoms with van der Waals surface area (Å²) in [7, 11) is 2.09. The number of rotatable bonds is 6. The third-order valence-corrected chi connectivity index (χ3v) is 5.68. The molecule has 0 fully saturated rings. The summed E-state index contributed by atoms with van der Waals surface area (Å²) >= 11 is 0. The number of benzene rings is 1. The van der Waals surface area contributed by atoms with Gasteiger partial charge in [-0.05, 0) is 29.5 Å². The van der Waals surface area contributed by atoms with Crippen LogP contribution in [0.4, 0.5) is 4.39 Å². The van der Waals surface area contributed by atoms with Crippen LogP contribution in [-0.4, -0.2) is 33.4 Å². The molecule has 1 aliphatic rings.